The van der Waals surface area contributed by atoms with Gasteiger partial charge >= 0.3 is 0 Å². The normalized spacial score (nSPS) is 14.5. The van der Waals surface area contributed by atoms with E-state index in [2.05, 4.69) is 43.5 Å². The molecule has 3 atom stereocenters. The number of unbranched alkanes of at least 4 members (excludes halogenated alkanes) is 20. The summed E-state index contributed by atoms with van der Waals surface area (Å²) in [6.07, 6.45) is 37.8. The highest BCUT2D eigenvalue weighted by atomic mass is 32.2. The summed E-state index contributed by atoms with van der Waals surface area (Å²) in [4.78, 5) is 12.5. The van der Waals surface area contributed by atoms with Crippen LogP contribution in [0.3, 0.4) is 0 Å². The van der Waals surface area contributed by atoms with Crippen molar-refractivity contribution >= 4 is 16.0 Å². The number of amides is 1. The monoisotopic (exact) mass is 670 g/mol. The molecule has 4 N–H and O–H groups in total. The zero-order valence-electron chi connectivity index (χ0n) is 29.6. The van der Waals surface area contributed by atoms with Crippen molar-refractivity contribution in [2.75, 3.05) is 5.75 Å². The van der Waals surface area contributed by atoms with E-state index in [1.165, 1.54) is 115 Å². The summed E-state index contributed by atoms with van der Waals surface area (Å²) in [7, 11) is -4.45. The molecule has 0 rings (SSSR count). The summed E-state index contributed by atoms with van der Waals surface area (Å²) in [5, 5.41) is 23.2. The van der Waals surface area contributed by atoms with Crippen molar-refractivity contribution < 1.29 is 28.0 Å². The van der Waals surface area contributed by atoms with Crippen molar-refractivity contribution in [1.82, 2.24) is 5.32 Å². The van der Waals surface area contributed by atoms with Gasteiger partial charge in [-0.25, -0.2) is 0 Å². The first-order valence-electron chi connectivity index (χ1n) is 18.8. The molecule has 0 spiro atoms. The van der Waals surface area contributed by atoms with Crippen LogP contribution in [0.25, 0.3) is 0 Å². The lowest BCUT2D eigenvalue weighted by molar-refractivity contribution is -0.130. The SMILES string of the molecule is CCCCCCCC/C=C\CCCCC(O)C(=O)NC(CS(=O)(=O)O)C(O)/C=C/CC/C=C/CCCCCCCCCCCCC. The van der Waals surface area contributed by atoms with E-state index in [0.29, 0.717) is 12.8 Å². The van der Waals surface area contributed by atoms with Gasteiger partial charge in [0.25, 0.3) is 10.1 Å². The van der Waals surface area contributed by atoms with E-state index in [1.54, 1.807) is 6.08 Å². The van der Waals surface area contributed by atoms with Gasteiger partial charge in [-0.1, -0.05) is 153 Å². The summed E-state index contributed by atoms with van der Waals surface area (Å²) in [5.74, 6) is -1.58. The van der Waals surface area contributed by atoms with E-state index < -0.39 is 40.0 Å². The minimum atomic E-state index is -4.45. The fraction of sp³-hybridized carbons (Fsp3) is 0.816. The molecule has 0 heterocycles. The molecule has 0 saturated carbocycles. The van der Waals surface area contributed by atoms with Crippen molar-refractivity contribution in [2.24, 2.45) is 0 Å². The van der Waals surface area contributed by atoms with Crippen molar-refractivity contribution in [3.63, 3.8) is 0 Å². The van der Waals surface area contributed by atoms with Crippen LogP contribution in [0.2, 0.25) is 0 Å². The standard InChI is InChI=1S/C38H71NO6S/c1-3-5-7-9-11-13-15-17-18-19-20-21-23-24-26-28-30-32-36(40)35(34-46(43,44)45)39-38(42)37(41)33-31-29-27-25-22-16-14-12-10-8-6-4-2/h22-25,30,32,35-37,40-41H,3-21,26-29,31,33-34H2,1-2H3,(H,39,42)(H,43,44,45)/b24-23+,25-22-,32-30+. The van der Waals surface area contributed by atoms with Crippen LogP contribution in [-0.4, -0.2) is 53.1 Å². The van der Waals surface area contributed by atoms with Crippen LogP contribution in [0.5, 0.6) is 0 Å². The summed E-state index contributed by atoms with van der Waals surface area (Å²) >= 11 is 0. The van der Waals surface area contributed by atoms with Crippen LogP contribution < -0.4 is 5.32 Å². The first-order valence-corrected chi connectivity index (χ1v) is 20.4. The number of hydrogen-bond acceptors (Lipinski definition) is 5. The van der Waals surface area contributed by atoms with Crippen LogP contribution in [0.4, 0.5) is 0 Å². The Balaban J connectivity index is 4.19. The van der Waals surface area contributed by atoms with Crippen LogP contribution in [0, 0.1) is 0 Å². The fourth-order valence-corrected chi connectivity index (χ4v) is 6.20. The lowest BCUT2D eigenvalue weighted by Gasteiger charge is -2.22. The van der Waals surface area contributed by atoms with Gasteiger partial charge in [0.2, 0.25) is 5.91 Å². The maximum Gasteiger partial charge on any atom is 0.267 e. The van der Waals surface area contributed by atoms with Crippen molar-refractivity contribution in [3.05, 3.63) is 36.5 Å². The van der Waals surface area contributed by atoms with E-state index in [0.717, 1.165) is 32.1 Å². The summed E-state index contributed by atoms with van der Waals surface area (Å²) < 4.78 is 32.4. The molecule has 270 valence electrons. The van der Waals surface area contributed by atoms with E-state index in [1.807, 2.05) is 0 Å². The number of rotatable bonds is 33. The number of nitrogens with one attached hydrogen (secondary N) is 1. The second kappa shape index (κ2) is 32.1. The Bertz CT molecular complexity index is 886. The first kappa shape index (κ1) is 44.5. The molecule has 7 nitrogen and oxygen atoms in total. The molecule has 0 aliphatic carbocycles. The zero-order valence-corrected chi connectivity index (χ0v) is 30.4. The zero-order chi connectivity index (χ0) is 34.1. The lowest BCUT2D eigenvalue weighted by atomic mass is 10.1. The van der Waals surface area contributed by atoms with E-state index in [-0.39, 0.29) is 6.42 Å². The molecule has 0 aliphatic heterocycles. The van der Waals surface area contributed by atoms with Gasteiger partial charge in [-0.05, 0) is 57.8 Å². The number of aliphatic hydroxyl groups excluding tert-OH is 2. The second-order valence-corrected chi connectivity index (χ2v) is 14.5. The molecule has 3 unspecified atom stereocenters. The highest BCUT2D eigenvalue weighted by Gasteiger charge is 2.27. The van der Waals surface area contributed by atoms with Gasteiger partial charge in [-0.2, -0.15) is 8.42 Å². The Morgan fingerprint density at radius 1 is 0.587 bits per heavy atom. The van der Waals surface area contributed by atoms with Gasteiger partial charge in [0.1, 0.15) is 6.10 Å². The average molecular weight is 670 g/mol. The van der Waals surface area contributed by atoms with Crippen molar-refractivity contribution in [1.29, 1.82) is 0 Å². The molecule has 0 aromatic carbocycles. The maximum atomic E-state index is 12.5. The third-order valence-corrected chi connectivity index (χ3v) is 9.18. The number of allylic oxidation sites excluding steroid dienone is 5. The molecule has 0 radical (unpaired) electrons. The van der Waals surface area contributed by atoms with Crippen molar-refractivity contribution in [2.45, 2.75) is 193 Å². The molecular formula is C38H71NO6S. The number of carbonyl (C=O) groups excluding carboxylic acids is 1. The van der Waals surface area contributed by atoms with E-state index in [4.69, 9.17) is 0 Å². The number of hydrogen-bond donors (Lipinski definition) is 4. The Morgan fingerprint density at radius 3 is 1.43 bits per heavy atom. The van der Waals surface area contributed by atoms with E-state index >= 15 is 0 Å². The number of aliphatic hydroxyl groups is 2. The largest absolute Gasteiger partial charge is 0.387 e. The maximum absolute atomic E-state index is 12.5. The Kier molecular flexibility index (Phi) is 31.1. The van der Waals surface area contributed by atoms with Crippen LogP contribution >= 0.6 is 0 Å². The summed E-state index contributed by atoms with van der Waals surface area (Å²) in [5.41, 5.74) is 0. The molecule has 8 heteroatoms. The minimum absolute atomic E-state index is 0.243. The fourth-order valence-electron chi connectivity index (χ4n) is 5.46. The van der Waals surface area contributed by atoms with Crippen LogP contribution in [-0.2, 0) is 14.9 Å². The van der Waals surface area contributed by atoms with Gasteiger partial charge in [0, 0.05) is 0 Å². The molecule has 1 amide bonds. The van der Waals surface area contributed by atoms with Crippen molar-refractivity contribution in [3.8, 4) is 0 Å². The van der Waals surface area contributed by atoms with Gasteiger partial charge in [-0.15, -0.1) is 0 Å². The number of carbonyl (C=O) groups is 1. The highest BCUT2D eigenvalue weighted by Crippen LogP contribution is 2.13. The molecule has 0 bridgehead atoms. The minimum Gasteiger partial charge on any atom is -0.387 e. The molecule has 0 saturated heterocycles. The second-order valence-electron chi connectivity index (χ2n) is 13.0. The third kappa shape index (κ3) is 31.1. The predicted molar refractivity (Wildman–Crippen MR) is 195 cm³/mol. The molecule has 0 aliphatic rings. The average Bonchev–Trinajstić information content (AvgIpc) is 3.01. The van der Waals surface area contributed by atoms with Crippen LogP contribution in [0.15, 0.2) is 36.5 Å². The van der Waals surface area contributed by atoms with Gasteiger partial charge in [-0.3, -0.25) is 9.35 Å². The Labute approximate surface area is 283 Å². The van der Waals surface area contributed by atoms with Crippen LogP contribution in [0.1, 0.15) is 174 Å². The summed E-state index contributed by atoms with van der Waals surface area (Å²) in [6.45, 7) is 4.47. The topological polar surface area (TPSA) is 124 Å². The molecule has 0 aromatic heterocycles. The third-order valence-electron chi connectivity index (χ3n) is 8.40. The van der Waals surface area contributed by atoms with Gasteiger partial charge in [0.05, 0.1) is 17.9 Å². The smallest absolute Gasteiger partial charge is 0.267 e. The van der Waals surface area contributed by atoms with Gasteiger partial charge < -0.3 is 15.5 Å². The first-order chi connectivity index (χ1) is 22.2. The van der Waals surface area contributed by atoms with Gasteiger partial charge in [0.15, 0.2) is 0 Å². The molecule has 46 heavy (non-hydrogen) atoms. The Hall–Kier alpha value is -1.48. The molecule has 0 fully saturated rings. The highest BCUT2D eigenvalue weighted by molar-refractivity contribution is 7.85. The predicted octanol–water partition coefficient (Wildman–Crippen LogP) is 9.54. The quantitative estimate of drug-likeness (QED) is 0.0313. The molecular weight excluding hydrogens is 598 g/mol. The van der Waals surface area contributed by atoms with E-state index in [9.17, 15) is 28.0 Å². The molecule has 0 aromatic rings. The lowest BCUT2D eigenvalue weighted by Crippen LogP contribution is -2.50. The summed E-state index contributed by atoms with van der Waals surface area (Å²) in [6, 6.07) is -1.25. The Morgan fingerprint density at radius 2 is 0.978 bits per heavy atom.